The second kappa shape index (κ2) is 6.01. The normalized spacial score (nSPS) is 10.5. The first-order chi connectivity index (χ1) is 10.2. The Bertz CT molecular complexity index is 734. The maximum absolute atomic E-state index is 12.1. The predicted octanol–water partition coefficient (Wildman–Crippen LogP) is 3.59. The first-order valence-electron chi connectivity index (χ1n) is 6.44. The van der Waals surface area contributed by atoms with Crippen LogP contribution in [0.1, 0.15) is 10.4 Å². The first kappa shape index (κ1) is 13.7. The number of halogens is 1. The molecule has 0 atom stereocenters. The van der Waals surface area contributed by atoms with Gasteiger partial charge in [-0.2, -0.15) is 5.10 Å². The van der Waals surface area contributed by atoms with Gasteiger partial charge in [-0.05, 0) is 23.3 Å². The molecule has 0 fully saturated rings. The molecule has 0 spiro atoms. The van der Waals surface area contributed by atoms with Crippen LogP contribution >= 0.6 is 15.9 Å². The molecule has 0 aliphatic heterocycles. The van der Waals surface area contributed by atoms with Crippen molar-refractivity contribution in [3.63, 3.8) is 0 Å². The summed E-state index contributed by atoms with van der Waals surface area (Å²) in [6.07, 6.45) is 2.96. The molecule has 0 amide bonds. The summed E-state index contributed by atoms with van der Waals surface area (Å²) in [4.78, 5) is 15.9. The number of hydrogen-bond donors (Lipinski definition) is 0. The standard InChI is InChI=1S/C16H12BrN3O/c17-15-7-5-13(6-8-15)12-1-3-14(4-2-12)16(21)9-20-11-18-10-19-20/h1-8,10-11H,9H2. The largest absolute Gasteiger partial charge is 0.292 e. The lowest BCUT2D eigenvalue weighted by Gasteiger charge is -2.04. The van der Waals surface area contributed by atoms with Crippen molar-refractivity contribution in [2.24, 2.45) is 0 Å². The molecule has 0 saturated heterocycles. The Balaban J connectivity index is 1.77. The van der Waals surface area contributed by atoms with Gasteiger partial charge >= 0.3 is 0 Å². The van der Waals surface area contributed by atoms with E-state index in [2.05, 4.69) is 26.0 Å². The summed E-state index contributed by atoms with van der Waals surface area (Å²) in [5.74, 6) is 0.0165. The number of ketones is 1. The van der Waals surface area contributed by atoms with Gasteiger partial charge in [-0.25, -0.2) is 9.67 Å². The molecule has 3 aromatic rings. The lowest BCUT2D eigenvalue weighted by atomic mass is 10.0. The molecule has 0 unspecified atom stereocenters. The fourth-order valence-corrected chi connectivity index (χ4v) is 2.31. The minimum absolute atomic E-state index is 0.0165. The van der Waals surface area contributed by atoms with Crippen LogP contribution in [0.15, 0.2) is 65.7 Å². The highest BCUT2D eigenvalue weighted by atomic mass is 79.9. The molecule has 0 aliphatic carbocycles. The van der Waals surface area contributed by atoms with E-state index in [0.29, 0.717) is 5.56 Å². The van der Waals surface area contributed by atoms with E-state index in [9.17, 15) is 4.79 Å². The van der Waals surface area contributed by atoms with Gasteiger partial charge in [0.15, 0.2) is 5.78 Å². The maximum Gasteiger partial charge on any atom is 0.184 e. The molecule has 2 aromatic carbocycles. The zero-order valence-corrected chi connectivity index (χ0v) is 12.7. The van der Waals surface area contributed by atoms with Crippen LogP contribution in [0, 0.1) is 0 Å². The van der Waals surface area contributed by atoms with Crippen molar-refractivity contribution < 1.29 is 4.79 Å². The van der Waals surface area contributed by atoms with Crippen molar-refractivity contribution in [1.82, 2.24) is 14.8 Å². The molecule has 5 heteroatoms. The lowest BCUT2D eigenvalue weighted by Crippen LogP contribution is -2.10. The summed E-state index contributed by atoms with van der Waals surface area (Å²) in [7, 11) is 0. The van der Waals surface area contributed by atoms with E-state index in [0.717, 1.165) is 15.6 Å². The monoisotopic (exact) mass is 341 g/mol. The summed E-state index contributed by atoms with van der Waals surface area (Å²) in [5.41, 5.74) is 2.87. The lowest BCUT2D eigenvalue weighted by molar-refractivity contribution is 0.0967. The summed E-state index contributed by atoms with van der Waals surface area (Å²) in [6.45, 7) is 0.206. The van der Waals surface area contributed by atoms with Crippen LogP contribution in [-0.4, -0.2) is 20.5 Å². The minimum atomic E-state index is 0.0165. The van der Waals surface area contributed by atoms with E-state index in [-0.39, 0.29) is 12.3 Å². The first-order valence-corrected chi connectivity index (χ1v) is 7.23. The zero-order valence-electron chi connectivity index (χ0n) is 11.1. The van der Waals surface area contributed by atoms with Crippen molar-refractivity contribution in [3.8, 4) is 11.1 Å². The highest BCUT2D eigenvalue weighted by Gasteiger charge is 2.07. The summed E-state index contributed by atoms with van der Waals surface area (Å²) in [5, 5.41) is 3.94. The number of rotatable bonds is 4. The SMILES string of the molecule is O=C(Cn1cncn1)c1ccc(-c2ccc(Br)cc2)cc1. The Kier molecular flexibility index (Phi) is 3.92. The van der Waals surface area contributed by atoms with Gasteiger partial charge in [0.25, 0.3) is 0 Å². The van der Waals surface area contributed by atoms with Crippen molar-refractivity contribution in [1.29, 1.82) is 0 Å². The van der Waals surface area contributed by atoms with E-state index in [1.165, 1.54) is 17.3 Å². The fourth-order valence-electron chi connectivity index (χ4n) is 2.04. The second-order valence-corrected chi connectivity index (χ2v) is 5.52. The Morgan fingerprint density at radius 3 is 2.19 bits per heavy atom. The maximum atomic E-state index is 12.1. The van der Waals surface area contributed by atoms with Crippen LogP contribution in [-0.2, 0) is 6.54 Å². The molecular formula is C16H12BrN3O. The highest BCUT2D eigenvalue weighted by molar-refractivity contribution is 9.10. The number of hydrogen-bond acceptors (Lipinski definition) is 3. The second-order valence-electron chi connectivity index (χ2n) is 4.60. The number of nitrogens with zero attached hydrogens (tertiary/aromatic N) is 3. The van der Waals surface area contributed by atoms with Gasteiger partial charge in [0.05, 0.1) is 0 Å². The minimum Gasteiger partial charge on any atom is -0.292 e. The van der Waals surface area contributed by atoms with Gasteiger partial charge in [-0.3, -0.25) is 4.79 Å². The number of benzene rings is 2. The number of carbonyl (C=O) groups is 1. The molecule has 0 saturated carbocycles. The topological polar surface area (TPSA) is 47.8 Å². The van der Waals surface area contributed by atoms with Gasteiger partial charge in [0, 0.05) is 10.0 Å². The molecule has 21 heavy (non-hydrogen) atoms. The van der Waals surface area contributed by atoms with Crippen molar-refractivity contribution in [2.75, 3.05) is 0 Å². The van der Waals surface area contributed by atoms with Crippen LogP contribution in [0.4, 0.5) is 0 Å². The number of aromatic nitrogens is 3. The Morgan fingerprint density at radius 2 is 1.62 bits per heavy atom. The van der Waals surface area contributed by atoms with Crippen molar-refractivity contribution >= 4 is 21.7 Å². The van der Waals surface area contributed by atoms with Gasteiger partial charge in [0.2, 0.25) is 0 Å². The zero-order chi connectivity index (χ0) is 14.7. The smallest absolute Gasteiger partial charge is 0.184 e. The third-order valence-electron chi connectivity index (χ3n) is 3.16. The predicted molar refractivity (Wildman–Crippen MR) is 83.9 cm³/mol. The molecule has 1 aromatic heterocycles. The fraction of sp³-hybridized carbons (Fsp3) is 0.0625. The molecule has 3 rings (SSSR count). The molecule has 0 N–H and O–H groups in total. The highest BCUT2D eigenvalue weighted by Crippen LogP contribution is 2.22. The van der Waals surface area contributed by atoms with Crippen LogP contribution in [0.2, 0.25) is 0 Å². The van der Waals surface area contributed by atoms with Gasteiger partial charge in [-0.15, -0.1) is 0 Å². The van der Waals surface area contributed by atoms with Crippen LogP contribution in [0.25, 0.3) is 11.1 Å². The molecule has 4 nitrogen and oxygen atoms in total. The Hall–Kier alpha value is -2.27. The molecule has 104 valence electrons. The Labute approximate surface area is 130 Å². The third-order valence-corrected chi connectivity index (χ3v) is 3.69. The van der Waals surface area contributed by atoms with E-state index in [1.807, 2.05) is 48.5 Å². The van der Waals surface area contributed by atoms with E-state index < -0.39 is 0 Å². The van der Waals surface area contributed by atoms with E-state index >= 15 is 0 Å². The quantitative estimate of drug-likeness (QED) is 0.681. The van der Waals surface area contributed by atoms with E-state index in [1.54, 1.807) is 0 Å². The molecule has 0 bridgehead atoms. The summed E-state index contributed by atoms with van der Waals surface area (Å²) >= 11 is 3.42. The third kappa shape index (κ3) is 3.25. The van der Waals surface area contributed by atoms with Gasteiger partial charge in [0.1, 0.15) is 19.2 Å². The average molecular weight is 342 g/mol. The van der Waals surface area contributed by atoms with Gasteiger partial charge in [-0.1, -0.05) is 52.3 Å². The van der Waals surface area contributed by atoms with Crippen LogP contribution < -0.4 is 0 Å². The van der Waals surface area contributed by atoms with Crippen molar-refractivity contribution in [2.45, 2.75) is 6.54 Å². The van der Waals surface area contributed by atoms with Crippen molar-refractivity contribution in [3.05, 3.63) is 71.2 Å². The van der Waals surface area contributed by atoms with E-state index in [4.69, 9.17) is 0 Å². The van der Waals surface area contributed by atoms with Crippen LogP contribution in [0.3, 0.4) is 0 Å². The van der Waals surface area contributed by atoms with Crippen LogP contribution in [0.5, 0.6) is 0 Å². The average Bonchev–Trinajstić information content (AvgIpc) is 3.01. The number of carbonyl (C=O) groups excluding carboxylic acids is 1. The number of Topliss-reactive ketones (excluding diaryl/α,β-unsaturated/α-hetero) is 1. The Morgan fingerprint density at radius 1 is 1.00 bits per heavy atom. The van der Waals surface area contributed by atoms with Gasteiger partial charge < -0.3 is 0 Å². The molecular weight excluding hydrogens is 330 g/mol. The molecule has 0 radical (unpaired) electrons. The molecule has 0 aliphatic rings. The summed E-state index contributed by atoms with van der Waals surface area (Å²) in [6, 6.07) is 15.7. The summed E-state index contributed by atoms with van der Waals surface area (Å²) < 4.78 is 2.57. The molecule has 1 heterocycles.